The van der Waals surface area contributed by atoms with Crippen LogP contribution in [0.2, 0.25) is 0 Å². The molecule has 2 rings (SSSR count). The predicted molar refractivity (Wildman–Crippen MR) is 80.5 cm³/mol. The number of aryl methyl sites for hydroxylation is 1. The zero-order valence-electron chi connectivity index (χ0n) is 11.8. The maximum absolute atomic E-state index is 8.99. The molecule has 0 aliphatic rings. The third-order valence-corrected chi connectivity index (χ3v) is 3.22. The summed E-state index contributed by atoms with van der Waals surface area (Å²) in [4.78, 5) is 0. The van der Waals surface area contributed by atoms with Crippen molar-refractivity contribution in [1.82, 2.24) is 0 Å². The summed E-state index contributed by atoms with van der Waals surface area (Å²) in [5, 5.41) is 20.9. The summed E-state index contributed by atoms with van der Waals surface area (Å²) < 4.78 is 5.85. The van der Waals surface area contributed by atoms with E-state index in [1.807, 2.05) is 42.5 Å². The van der Waals surface area contributed by atoms with Gasteiger partial charge in [0.1, 0.15) is 18.4 Å². The SMILES string of the molecule is CCc1ccccc1OCc1ccccc1C(C#N)=NO. The number of benzene rings is 2. The largest absolute Gasteiger partial charge is 0.489 e. The molecule has 1 N–H and O–H groups in total. The number of para-hydroxylation sites is 1. The third kappa shape index (κ3) is 3.40. The average molecular weight is 280 g/mol. The van der Waals surface area contributed by atoms with Gasteiger partial charge in [-0.05, 0) is 23.6 Å². The standard InChI is InChI=1S/C17H16N2O2/c1-2-13-7-4-6-10-17(13)21-12-14-8-3-5-9-15(14)16(11-18)19-20/h3-10,20H,2,12H2,1H3. The first-order valence-corrected chi connectivity index (χ1v) is 6.71. The molecule has 2 aromatic carbocycles. The van der Waals surface area contributed by atoms with Gasteiger partial charge in [0.05, 0.1) is 0 Å². The van der Waals surface area contributed by atoms with Gasteiger partial charge in [-0.1, -0.05) is 54.5 Å². The molecule has 0 amide bonds. The summed E-state index contributed by atoms with van der Waals surface area (Å²) in [6, 6.07) is 17.0. The summed E-state index contributed by atoms with van der Waals surface area (Å²) in [7, 11) is 0. The van der Waals surface area contributed by atoms with Crippen molar-refractivity contribution < 1.29 is 9.94 Å². The van der Waals surface area contributed by atoms with Crippen molar-refractivity contribution in [3.8, 4) is 11.8 Å². The van der Waals surface area contributed by atoms with E-state index in [0.717, 1.165) is 23.3 Å². The maximum atomic E-state index is 8.99. The van der Waals surface area contributed by atoms with E-state index < -0.39 is 0 Å². The van der Waals surface area contributed by atoms with Crippen LogP contribution < -0.4 is 4.74 Å². The molecule has 106 valence electrons. The molecule has 4 heteroatoms. The summed E-state index contributed by atoms with van der Waals surface area (Å²) in [6.07, 6.45) is 0.888. The molecular formula is C17H16N2O2. The first-order chi connectivity index (χ1) is 10.3. The van der Waals surface area contributed by atoms with E-state index in [0.29, 0.717) is 12.2 Å². The molecule has 0 aliphatic heterocycles. The van der Waals surface area contributed by atoms with Gasteiger partial charge in [0, 0.05) is 5.56 Å². The first-order valence-electron chi connectivity index (χ1n) is 6.71. The molecule has 0 fully saturated rings. The van der Waals surface area contributed by atoms with Crippen molar-refractivity contribution in [1.29, 1.82) is 5.26 Å². The van der Waals surface area contributed by atoms with E-state index in [1.54, 1.807) is 12.1 Å². The van der Waals surface area contributed by atoms with E-state index in [-0.39, 0.29) is 5.71 Å². The van der Waals surface area contributed by atoms with Gasteiger partial charge in [0.2, 0.25) is 0 Å². The van der Waals surface area contributed by atoms with Crippen LogP contribution in [0.5, 0.6) is 5.75 Å². The molecule has 0 bridgehead atoms. The molecule has 0 aliphatic carbocycles. The molecule has 0 spiro atoms. The fraction of sp³-hybridized carbons (Fsp3) is 0.176. The lowest BCUT2D eigenvalue weighted by Gasteiger charge is -2.12. The van der Waals surface area contributed by atoms with Crippen LogP contribution in [0, 0.1) is 11.3 Å². The minimum atomic E-state index is -0.0158. The molecule has 2 aromatic rings. The molecule has 0 heterocycles. The van der Waals surface area contributed by atoms with Crippen LogP contribution in [0.15, 0.2) is 53.7 Å². The highest BCUT2D eigenvalue weighted by Gasteiger charge is 2.10. The van der Waals surface area contributed by atoms with Crippen molar-refractivity contribution in [3.63, 3.8) is 0 Å². The number of rotatable bonds is 5. The third-order valence-electron chi connectivity index (χ3n) is 3.22. The van der Waals surface area contributed by atoms with Gasteiger partial charge in [-0.3, -0.25) is 0 Å². The Morgan fingerprint density at radius 2 is 1.81 bits per heavy atom. The van der Waals surface area contributed by atoms with Crippen LogP contribution in [0.4, 0.5) is 0 Å². The summed E-state index contributed by atoms with van der Waals surface area (Å²) >= 11 is 0. The van der Waals surface area contributed by atoms with Crippen LogP contribution in [-0.4, -0.2) is 10.9 Å². The second-order valence-corrected chi connectivity index (χ2v) is 4.47. The summed E-state index contributed by atoms with van der Waals surface area (Å²) in [6.45, 7) is 2.39. The number of hydrogen-bond acceptors (Lipinski definition) is 4. The van der Waals surface area contributed by atoms with Crippen molar-refractivity contribution in [2.75, 3.05) is 0 Å². The van der Waals surface area contributed by atoms with Crippen molar-refractivity contribution in [2.45, 2.75) is 20.0 Å². The maximum Gasteiger partial charge on any atom is 0.187 e. The normalized spacial score (nSPS) is 11.0. The van der Waals surface area contributed by atoms with Crippen LogP contribution in [-0.2, 0) is 13.0 Å². The number of nitriles is 1. The Kier molecular flexibility index (Phi) is 4.94. The molecule has 0 radical (unpaired) electrons. The topological polar surface area (TPSA) is 65.6 Å². The zero-order chi connectivity index (χ0) is 15.1. The van der Waals surface area contributed by atoms with E-state index >= 15 is 0 Å². The average Bonchev–Trinajstić information content (AvgIpc) is 2.55. The van der Waals surface area contributed by atoms with Gasteiger partial charge in [-0.25, -0.2) is 0 Å². The van der Waals surface area contributed by atoms with Gasteiger partial charge in [0.15, 0.2) is 5.71 Å². The number of ether oxygens (including phenoxy) is 1. The van der Waals surface area contributed by atoms with Gasteiger partial charge in [0.25, 0.3) is 0 Å². The van der Waals surface area contributed by atoms with E-state index in [2.05, 4.69) is 12.1 Å². The Morgan fingerprint density at radius 3 is 2.48 bits per heavy atom. The van der Waals surface area contributed by atoms with Gasteiger partial charge in [-0.15, -0.1) is 0 Å². The lowest BCUT2D eigenvalue weighted by molar-refractivity contribution is 0.302. The number of hydrogen-bond donors (Lipinski definition) is 1. The molecule has 0 saturated carbocycles. The predicted octanol–water partition coefficient (Wildman–Crippen LogP) is 3.53. The summed E-state index contributed by atoms with van der Waals surface area (Å²) in [5.74, 6) is 0.828. The molecule has 0 aromatic heterocycles. The molecule has 21 heavy (non-hydrogen) atoms. The second kappa shape index (κ2) is 7.11. The molecule has 0 unspecified atom stereocenters. The minimum Gasteiger partial charge on any atom is -0.489 e. The lowest BCUT2D eigenvalue weighted by Crippen LogP contribution is -2.06. The zero-order valence-corrected chi connectivity index (χ0v) is 11.8. The van der Waals surface area contributed by atoms with E-state index in [4.69, 9.17) is 15.2 Å². The molecule has 0 saturated heterocycles. The van der Waals surface area contributed by atoms with Crippen molar-refractivity contribution >= 4 is 5.71 Å². The molecule has 0 atom stereocenters. The first kappa shape index (κ1) is 14.6. The van der Waals surface area contributed by atoms with Crippen LogP contribution in [0.1, 0.15) is 23.6 Å². The van der Waals surface area contributed by atoms with Crippen molar-refractivity contribution in [3.05, 3.63) is 65.2 Å². The number of oxime groups is 1. The highest BCUT2D eigenvalue weighted by molar-refractivity contribution is 6.12. The fourth-order valence-electron chi connectivity index (χ4n) is 2.11. The Morgan fingerprint density at radius 1 is 1.14 bits per heavy atom. The van der Waals surface area contributed by atoms with Crippen molar-refractivity contribution in [2.24, 2.45) is 5.16 Å². The number of nitrogens with zero attached hydrogens (tertiary/aromatic N) is 2. The lowest BCUT2D eigenvalue weighted by atomic mass is 10.0. The van der Waals surface area contributed by atoms with Gasteiger partial charge in [-0.2, -0.15) is 5.26 Å². The van der Waals surface area contributed by atoms with Crippen LogP contribution >= 0.6 is 0 Å². The van der Waals surface area contributed by atoms with Crippen LogP contribution in [0.3, 0.4) is 0 Å². The quantitative estimate of drug-likeness (QED) is 0.517. The highest BCUT2D eigenvalue weighted by Crippen LogP contribution is 2.20. The van der Waals surface area contributed by atoms with Crippen LogP contribution in [0.25, 0.3) is 0 Å². The summed E-state index contributed by atoms with van der Waals surface area (Å²) in [5.41, 5.74) is 2.50. The molecule has 4 nitrogen and oxygen atoms in total. The monoisotopic (exact) mass is 280 g/mol. The van der Waals surface area contributed by atoms with E-state index in [1.165, 1.54) is 0 Å². The minimum absolute atomic E-state index is 0.0158. The highest BCUT2D eigenvalue weighted by atomic mass is 16.5. The van der Waals surface area contributed by atoms with E-state index in [9.17, 15) is 0 Å². The molecular weight excluding hydrogens is 264 g/mol. The van der Waals surface area contributed by atoms with Gasteiger partial charge < -0.3 is 9.94 Å². The Bertz CT molecular complexity index is 687. The fourth-order valence-corrected chi connectivity index (χ4v) is 2.11. The smallest absolute Gasteiger partial charge is 0.187 e. The second-order valence-electron chi connectivity index (χ2n) is 4.47. The Balaban J connectivity index is 2.23. The Labute approximate surface area is 123 Å². The van der Waals surface area contributed by atoms with Gasteiger partial charge >= 0.3 is 0 Å². The Hall–Kier alpha value is -2.80.